The third-order valence-corrected chi connectivity index (χ3v) is 2.23. The van der Waals surface area contributed by atoms with Gasteiger partial charge in [-0.25, -0.2) is 19.9 Å². The summed E-state index contributed by atoms with van der Waals surface area (Å²) in [6.07, 6.45) is 1.63. The Morgan fingerprint density at radius 3 is 2.59 bits per heavy atom. The first-order valence-corrected chi connectivity index (χ1v) is 4.96. The fourth-order valence-electron chi connectivity index (χ4n) is 1.43. The van der Waals surface area contributed by atoms with Crippen LogP contribution < -0.4 is 5.73 Å². The Bertz CT molecular complexity index is 591. The standard InChI is InChI=1S/C11H10N6/c1-6-8(5-12)10(13)17-11(15-6)9-3-4-14-7(2)16-9/h3-4H,1-2H3,(H2,13,15,17). The highest BCUT2D eigenvalue weighted by atomic mass is 15.0. The maximum absolute atomic E-state index is 8.87. The number of aryl methyl sites for hydroxylation is 2. The largest absolute Gasteiger partial charge is 0.382 e. The van der Waals surface area contributed by atoms with Gasteiger partial charge in [0.2, 0.25) is 0 Å². The minimum Gasteiger partial charge on any atom is -0.382 e. The van der Waals surface area contributed by atoms with E-state index in [9.17, 15) is 0 Å². The Kier molecular flexibility index (Phi) is 2.66. The zero-order valence-corrected chi connectivity index (χ0v) is 9.47. The monoisotopic (exact) mass is 226 g/mol. The lowest BCUT2D eigenvalue weighted by molar-refractivity contribution is 1.02. The maximum Gasteiger partial charge on any atom is 0.180 e. The van der Waals surface area contributed by atoms with Crippen LogP contribution >= 0.6 is 0 Å². The molecule has 0 saturated heterocycles. The van der Waals surface area contributed by atoms with Crippen LogP contribution in [0.4, 0.5) is 5.82 Å². The van der Waals surface area contributed by atoms with Crippen LogP contribution in [-0.2, 0) is 0 Å². The molecule has 6 nitrogen and oxygen atoms in total. The molecule has 0 atom stereocenters. The van der Waals surface area contributed by atoms with Crippen LogP contribution in [0.5, 0.6) is 0 Å². The lowest BCUT2D eigenvalue weighted by Crippen LogP contribution is -2.04. The number of anilines is 1. The fourth-order valence-corrected chi connectivity index (χ4v) is 1.43. The van der Waals surface area contributed by atoms with Gasteiger partial charge < -0.3 is 5.73 Å². The maximum atomic E-state index is 8.87. The van der Waals surface area contributed by atoms with Crippen molar-refractivity contribution in [1.82, 2.24) is 19.9 Å². The van der Waals surface area contributed by atoms with E-state index in [-0.39, 0.29) is 5.82 Å². The number of nitrogen functional groups attached to an aromatic ring is 1. The first-order valence-electron chi connectivity index (χ1n) is 4.96. The van der Waals surface area contributed by atoms with Gasteiger partial charge in [0.25, 0.3) is 0 Å². The summed E-state index contributed by atoms with van der Waals surface area (Å²) < 4.78 is 0. The quantitative estimate of drug-likeness (QED) is 0.778. The molecular formula is C11H10N6. The molecule has 17 heavy (non-hydrogen) atoms. The van der Waals surface area contributed by atoms with Gasteiger partial charge in [-0.2, -0.15) is 5.26 Å². The predicted octanol–water partition coefficient (Wildman–Crippen LogP) is 1.00. The van der Waals surface area contributed by atoms with E-state index >= 15 is 0 Å². The van der Waals surface area contributed by atoms with Crippen molar-refractivity contribution in [3.05, 3.63) is 29.3 Å². The van der Waals surface area contributed by atoms with Crippen molar-refractivity contribution in [3.63, 3.8) is 0 Å². The molecule has 84 valence electrons. The third-order valence-electron chi connectivity index (χ3n) is 2.23. The van der Waals surface area contributed by atoms with E-state index in [1.54, 1.807) is 26.1 Å². The van der Waals surface area contributed by atoms with Crippen molar-refractivity contribution in [2.24, 2.45) is 0 Å². The van der Waals surface area contributed by atoms with Crippen molar-refractivity contribution in [3.8, 4) is 17.6 Å². The topological polar surface area (TPSA) is 101 Å². The van der Waals surface area contributed by atoms with Gasteiger partial charge in [0.05, 0.1) is 5.69 Å². The molecule has 0 unspecified atom stereocenters. The summed E-state index contributed by atoms with van der Waals surface area (Å²) in [6, 6.07) is 3.67. The second-order valence-corrected chi connectivity index (χ2v) is 3.49. The molecule has 0 aromatic carbocycles. The molecule has 0 saturated carbocycles. The molecule has 0 bridgehead atoms. The first-order chi connectivity index (χ1) is 8.11. The number of rotatable bonds is 1. The highest BCUT2D eigenvalue weighted by molar-refractivity contribution is 5.58. The lowest BCUT2D eigenvalue weighted by atomic mass is 10.2. The smallest absolute Gasteiger partial charge is 0.180 e. The van der Waals surface area contributed by atoms with Gasteiger partial charge in [0, 0.05) is 6.20 Å². The Balaban J connectivity index is 2.59. The van der Waals surface area contributed by atoms with Gasteiger partial charge in [-0.3, -0.25) is 0 Å². The average molecular weight is 226 g/mol. The molecule has 0 fully saturated rings. The highest BCUT2D eigenvalue weighted by Gasteiger charge is 2.11. The van der Waals surface area contributed by atoms with Gasteiger partial charge in [0.15, 0.2) is 5.82 Å². The van der Waals surface area contributed by atoms with Gasteiger partial charge >= 0.3 is 0 Å². The van der Waals surface area contributed by atoms with Crippen molar-refractivity contribution in [1.29, 1.82) is 5.26 Å². The number of nitrogens with zero attached hydrogens (tertiary/aromatic N) is 5. The van der Waals surface area contributed by atoms with Gasteiger partial charge in [0.1, 0.15) is 29.0 Å². The van der Waals surface area contributed by atoms with Gasteiger partial charge in [-0.1, -0.05) is 0 Å². The molecule has 0 radical (unpaired) electrons. The first kappa shape index (κ1) is 11.0. The van der Waals surface area contributed by atoms with Crippen LogP contribution in [-0.4, -0.2) is 19.9 Å². The summed E-state index contributed by atoms with van der Waals surface area (Å²) in [5.41, 5.74) is 7.14. The van der Waals surface area contributed by atoms with Gasteiger partial charge in [-0.15, -0.1) is 0 Å². The second kappa shape index (κ2) is 4.14. The van der Waals surface area contributed by atoms with Crippen LogP contribution in [0.25, 0.3) is 11.5 Å². The minimum atomic E-state index is 0.172. The van der Waals surface area contributed by atoms with Crippen LogP contribution in [0.1, 0.15) is 17.1 Å². The molecule has 0 amide bonds. The molecule has 2 N–H and O–H groups in total. The van der Waals surface area contributed by atoms with E-state index in [2.05, 4.69) is 19.9 Å². The average Bonchev–Trinajstić information content (AvgIpc) is 2.28. The Hall–Kier alpha value is -2.55. The fraction of sp³-hybridized carbons (Fsp3) is 0.182. The zero-order chi connectivity index (χ0) is 12.4. The molecule has 2 rings (SSSR count). The van der Waals surface area contributed by atoms with Crippen molar-refractivity contribution in [2.75, 3.05) is 5.73 Å². The van der Waals surface area contributed by atoms with E-state index in [1.165, 1.54) is 0 Å². The van der Waals surface area contributed by atoms with Crippen LogP contribution in [0.3, 0.4) is 0 Å². The molecule has 6 heteroatoms. The summed E-state index contributed by atoms with van der Waals surface area (Å²) in [4.78, 5) is 16.5. The van der Waals surface area contributed by atoms with Crippen molar-refractivity contribution < 1.29 is 0 Å². The minimum absolute atomic E-state index is 0.172. The van der Waals surface area contributed by atoms with E-state index in [4.69, 9.17) is 11.0 Å². The van der Waals surface area contributed by atoms with E-state index in [1.807, 2.05) is 6.07 Å². The number of hydrogen-bond donors (Lipinski definition) is 1. The summed E-state index contributed by atoms with van der Waals surface area (Å²) in [5, 5.41) is 8.87. The summed E-state index contributed by atoms with van der Waals surface area (Å²) >= 11 is 0. The molecule has 0 spiro atoms. The SMILES string of the molecule is Cc1nccc(-c2nc(C)c(C#N)c(N)n2)n1. The molecule has 2 aromatic heterocycles. The summed E-state index contributed by atoms with van der Waals surface area (Å²) in [5.74, 6) is 1.21. The molecular weight excluding hydrogens is 216 g/mol. The van der Waals surface area contributed by atoms with E-state index in [0.717, 1.165) is 0 Å². The van der Waals surface area contributed by atoms with E-state index in [0.29, 0.717) is 28.6 Å². The third kappa shape index (κ3) is 2.03. The number of aromatic nitrogens is 4. The lowest BCUT2D eigenvalue weighted by Gasteiger charge is -2.04. The number of hydrogen-bond acceptors (Lipinski definition) is 6. The normalized spacial score (nSPS) is 9.94. The van der Waals surface area contributed by atoms with E-state index < -0.39 is 0 Å². The molecule has 0 aliphatic rings. The van der Waals surface area contributed by atoms with Crippen LogP contribution in [0, 0.1) is 25.2 Å². The number of nitrogens with two attached hydrogens (primary N) is 1. The molecule has 2 aromatic rings. The second-order valence-electron chi connectivity index (χ2n) is 3.49. The Morgan fingerprint density at radius 1 is 1.24 bits per heavy atom. The Morgan fingerprint density at radius 2 is 2.00 bits per heavy atom. The predicted molar refractivity (Wildman–Crippen MR) is 61.7 cm³/mol. The Labute approximate surface area is 98.2 Å². The summed E-state index contributed by atoms with van der Waals surface area (Å²) in [6.45, 7) is 3.50. The van der Waals surface area contributed by atoms with Crippen LogP contribution in [0.15, 0.2) is 12.3 Å². The zero-order valence-electron chi connectivity index (χ0n) is 9.47. The molecule has 2 heterocycles. The van der Waals surface area contributed by atoms with Crippen molar-refractivity contribution >= 4 is 5.82 Å². The van der Waals surface area contributed by atoms with Crippen LogP contribution in [0.2, 0.25) is 0 Å². The van der Waals surface area contributed by atoms with Crippen molar-refractivity contribution in [2.45, 2.75) is 13.8 Å². The highest BCUT2D eigenvalue weighted by Crippen LogP contribution is 2.17. The molecule has 0 aliphatic carbocycles. The molecule has 0 aliphatic heterocycles. The summed E-state index contributed by atoms with van der Waals surface area (Å²) in [7, 11) is 0. The number of nitriles is 1. The van der Waals surface area contributed by atoms with Gasteiger partial charge in [-0.05, 0) is 19.9 Å².